The summed E-state index contributed by atoms with van der Waals surface area (Å²) in [4.78, 5) is 7.66. The molecule has 2 aliphatic rings. The van der Waals surface area contributed by atoms with Crippen molar-refractivity contribution in [3.63, 3.8) is 0 Å². The molecule has 5 nitrogen and oxygen atoms in total. The average molecular weight is 543 g/mol. The van der Waals surface area contributed by atoms with Crippen LogP contribution in [0.5, 0.6) is 0 Å². The molecule has 1 aromatic rings. The molecule has 2 atom stereocenters. The number of nitrogens with one attached hydrogen (secondary N) is 2. The first-order chi connectivity index (χ1) is 14.6. The van der Waals surface area contributed by atoms with Gasteiger partial charge in [-0.15, -0.1) is 24.0 Å². The van der Waals surface area contributed by atoms with E-state index in [2.05, 4.69) is 59.7 Å². The molecule has 0 radical (unpaired) electrons. The van der Waals surface area contributed by atoms with Crippen LogP contribution in [0.1, 0.15) is 64.4 Å². The standard InChI is InChI=1S/C25H42N4O.HI/c1-4-26-24(27-20-25(15-17-30-3)13-8-9-14-25)28-23-12-16-29(21(2)18-23)19-22-10-6-5-7-11-22;/h5-7,10-11,21,23H,4,8-9,12-20H2,1-3H3,(H2,26,27,28);1H. The van der Waals surface area contributed by atoms with Crippen LogP contribution in [0.3, 0.4) is 0 Å². The maximum absolute atomic E-state index is 5.38. The minimum Gasteiger partial charge on any atom is -0.385 e. The Kier molecular flexibility index (Phi) is 11.6. The van der Waals surface area contributed by atoms with Crippen molar-refractivity contribution in [2.24, 2.45) is 10.4 Å². The second-order valence-corrected chi connectivity index (χ2v) is 9.32. The molecule has 1 heterocycles. The molecule has 3 rings (SSSR count). The molecule has 176 valence electrons. The molecule has 1 aliphatic heterocycles. The van der Waals surface area contributed by atoms with Gasteiger partial charge < -0.3 is 15.4 Å². The Morgan fingerprint density at radius 3 is 2.61 bits per heavy atom. The molecule has 2 unspecified atom stereocenters. The van der Waals surface area contributed by atoms with Crippen molar-refractivity contribution in [1.82, 2.24) is 15.5 Å². The fraction of sp³-hybridized carbons (Fsp3) is 0.720. The molecule has 31 heavy (non-hydrogen) atoms. The fourth-order valence-electron chi connectivity index (χ4n) is 5.10. The number of nitrogens with zero attached hydrogens (tertiary/aromatic N) is 2. The summed E-state index contributed by atoms with van der Waals surface area (Å²) in [5, 5.41) is 7.24. The fourth-order valence-corrected chi connectivity index (χ4v) is 5.10. The Labute approximate surface area is 206 Å². The lowest BCUT2D eigenvalue weighted by molar-refractivity contribution is 0.134. The van der Waals surface area contributed by atoms with E-state index in [0.717, 1.165) is 58.0 Å². The number of methoxy groups -OCH3 is 1. The molecule has 2 N–H and O–H groups in total. The molecule has 1 saturated carbocycles. The summed E-state index contributed by atoms with van der Waals surface area (Å²) in [5.74, 6) is 0.995. The highest BCUT2D eigenvalue weighted by Crippen LogP contribution is 2.41. The molecule has 0 spiro atoms. The summed E-state index contributed by atoms with van der Waals surface area (Å²) >= 11 is 0. The number of benzene rings is 1. The molecule has 0 amide bonds. The molecule has 1 aromatic carbocycles. The first kappa shape index (κ1) is 26.4. The zero-order chi connectivity index (χ0) is 21.2. The predicted molar refractivity (Wildman–Crippen MR) is 141 cm³/mol. The third-order valence-corrected chi connectivity index (χ3v) is 7.00. The average Bonchev–Trinajstić information content (AvgIpc) is 3.23. The van der Waals surface area contributed by atoms with Gasteiger partial charge in [0.15, 0.2) is 5.96 Å². The number of hydrogen-bond donors (Lipinski definition) is 2. The first-order valence-corrected chi connectivity index (χ1v) is 12.0. The van der Waals surface area contributed by atoms with E-state index in [1.165, 1.54) is 31.2 Å². The molecule has 1 saturated heterocycles. The van der Waals surface area contributed by atoms with Gasteiger partial charge in [0.2, 0.25) is 0 Å². The summed E-state index contributed by atoms with van der Waals surface area (Å²) in [7, 11) is 1.81. The van der Waals surface area contributed by atoms with E-state index in [-0.39, 0.29) is 24.0 Å². The lowest BCUT2D eigenvalue weighted by Gasteiger charge is -2.38. The minimum absolute atomic E-state index is 0. The lowest BCUT2D eigenvalue weighted by Crippen LogP contribution is -2.51. The van der Waals surface area contributed by atoms with Crippen LogP contribution in [0.25, 0.3) is 0 Å². The summed E-state index contributed by atoms with van der Waals surface area (Å²) in [6, 6.07) is 11.9. The topological polar surface area (TPSA) is 48.9 Å². The van der Waals surface area contributed by atoms with Crippen molar-refractivity contribution in [2.45, 2.75) is 77.4 Å². The van der Waals surface area contributed by atoms with E-state index in [1.807, 2.05) is 7.11 Å². The zero-order valence-electron chi connectivity index (χ0n) is 19.7. The van der Waals surface area contributed by atoms with Gasteiger partial charge in [-0.2, -0.15) is 0 Å². The first-order valence-electron chi connectivity index (χ1n) is 12.0. The van der Waals surface area contributed by atoms with Gasteiger partial charge in [0.1, 0.15) is 0 Å². The largest absolute Gasteiger partial charge is 0.385 e. The van der Waals surface area contributed by atoms with Crippen LogP contribution in [0.15, 0.2) is 35.3 Å². The highest BCUT2D eigenvalue weighted by Gasteiger charge is 2.33. The van der Waals surface area contributed by atoms with Crippen molar-refractivity contribution >= 4 is 29.9 Å². The van der Waals surface area contributed by atoms with Gasteiger partial charge >= 0.3 is 0 Å². The number of hydrogen-bond acceptors (Lipinski definition) is 3. The summed E-state index contributed by atoms with van der Waals surface area (Å²) in [6.07, 6.45) is 8.69. The molecule has 0 bridgehead atoms. The molecular weight excluding hydrogens is 499 g/mol. The van der Waals surface area contributed by atoms with Gasteiger partial charge in [-0.1, -0.05) is 43.2 Å². The maximum Gasteiger partial charge on any atom is 0.191 e. The second-order valence-electron chi connectivity index (χ2n) is 9.32. The number of piperidine rings is 1. The van der Waals surface area contributed by atoms with E-state index in [4.69, 9.17) is 9.73 Å². The zero-order valence-corrected chi connectivity index (χ0v) is 22.1. The Morgan fingerprint density at radius 1 is 1.23 bits per heavy atom. The molecule has 1 aliphatic carbocycles. The quantitative estimate of drug-likeness (QED) is 0.267. The number of ether oxygens (including phenoxy) is 1. The highest BCUT2D eigenvalue weighted by atomic mass is 127. The van der Waals surface area contributed by atoms with Crippen molar-refractivity contribution in [3.8, 4) is 0 Å². The van der Waals surface area contributed by atoms with Crippen LogP contribution in [0.4, 0.5) is 0 Å². The van der Waals surface area contributed by atoms with Crippen LogP contribution in [-0.2, 0) is 11.3 Å². The van der Waals surface area contributed by atoms with Gasteiger partial charge in [-0.05, 0) is 56.9 Å². The van der Waals surface area contributed by atoms with Crippen LogP contribution < -0.4 is 10.6 Å². The number of guanidine groups is 1. The predicted octanol–water partition coefficient (Wildman–Crippen LogP) is 4.81. The minimum atomic E-state index is 0. The third-order valence-electron chi connectivity index (χ3n) is 7.00. The van der Waals surface area contributed by atoms with E-state index < -0.39 is 0 Å². The summed E-state index contributed by atoms with van der Waals surface area (Å²) in [5.41, 5.74) is 1.74. The van der Waals surface area contributed by atoms with E-state index in [9.17, 15) is 0 Å². The van der Waals surface area contributed by atoms with Crippen LogP contribution in [0.2, 0.25) is 0 Å². The smallest absolute Gasteiger partial charge is 0.191 e. The van der Waals surface area contributed by atoms with Crippen molar-refractivity contribution in [1.29, 1.82) is 0 Å². The number of rotatable bonds is 9. The molecule has 0 aromatic heterocycles. The Morgan fingerprint density at radius 2 is 1.97 bits per heavy atom. The number of likely N-dealkylation sites (tertiary alicyclic amines) is 1. The van der Waals surface area contributed by atoms with Crippen LogP contribution in [-0.4, -0.2) is 56.3 Å². The Bertz CT molecular complexity index is 648. The van der Waals surface area contributed by atoms with E-state index >= 15 is 0 Å². The molecule has 6 heteroatoms. The SMILES string of the molecule is CCNC(=NCC1(CCOC)CCCC1)NC1CCN(Cc2ccccc2)C(C)C1.I. The van der Waals surface area contributed by atoms with Crippen molar-refractivity contribution in [3.05, 3.63) is 35.9 Å². The van der Waals surface area contributed by atoms with Crippen LogP contribution >= 0.6 is 24.0 Å². The van der Waals surface area contributed by atoms with Gasteiger partial charge in [-0.25, -0.2) is 0 Å². The maximum atomic E-state index is 5.38. The molecule has 2 fully saturated rings. The van der Waals surface area contributed by atoms with Gasteiger partial charge in [0, 0.05) is 52.0 Å². The Balaban J connectivity index is 0.00000341. The normalized spacial score (nSPS) is 23.9. The monoisotopic (exact) mass is 542 g/mol. The van der Waals surface area contributed by atoms with Crippen molar-refractivity contribution in [2.75, 3.05) is 33.4 Å². The van der Waals surface area contributed by atoms with Crippen LogP contribution in [0, 0.1) is 5.41 Å². The van der Waals surface area contributed by atoms with Gasteiger partial charge in [-0.3, -0.25) is 9.89 Å². The second kappa shape index (κ2) is 13.6. The molecular formula is C25H43IN4O. The third kappa shape index (κ3) is 8.21. The highest BCUT2D eigenvalue weighted by molar-refractivity contribution is 14.0. The van der Waals surface area contributed by atoms with E-state index in [0.29, 0.717) is 17.5 Å². The summed E-state index contributed by atoms with van der Waals surface area (Å²) < 4.78 is 5.38. The number of halogens is 1. The number of aliphatic imine (C=N–C) groups is 1. The van der Waals surface area contributed by atoms with E-state index in [1.54, 1.807) is 0 Å². The Hall–Kier alpha value is -0.860. The lowest BCUT2D eigenvalue weighted by atomic mass is 9.83. The van der Waals surface area contributed by atoms with Gasteiger partial charge in [0.25, 0.3) is 0 Å². The summed E-state index contributed by atoms with van der Waals surface area (Å²) in [6.45, 7) is 9.35. The van der Waals surface area contributed by atoms with Gasteiger partial charge in [0.05, 0.1) is 0 Å². The van der Waals surface area contributed by atoms with Crippen molar-refractivity contribution < 1.29 is 4.74 Å².